The van der Waals surface area contributed by atoms with Gasteiger partial charge in [0.15, 0.2) is 6.23 Å². The van der Waals surface area contributed by atoms with Gasteiger partial charge in [0.2, 0.25) is 5.91 Å². The number of amides is 1. The van der Waals surface area contributed by atoms with Crippen LogP contribution in [0.5, 0.6) is 0 Å². The van der Waals surface area contributed by atoms with Crippen molar-refractivity contribution in [3.63, 3.8) is 0 Å². The smallest absolute Gasteiger partial charge is 0.222 e. The monoisotopic (exact) mass is 382 g/mol. The lowest BCUT2D eigenvalue weighted by atomic mass is 10.0. The number of carbonyl (C=O) groups is 1. The van der Waals surface area contributed by atoms with Gasteiger partial charge in [-0.3, -0.25) is 4.79 Å². The van der Waals surface area contributed by atoms with E-state index in [2.05, 4.69) is 20.4 Å². The van der Waals surface area contributed by atoms with Gasteiger partial charge >= 0.3 is 0 Å². The minimum Gasteiger partial charge on any atom is -0.394 e. The predicted molar refractivity (Wildman–Crippen MR) is 94.9 cm³/mol. The Morgan fingerprint density at radius 3 is 2.92 bits per heavy atom. The molecule has 11 heteroatoms. The second kappa shape index (κ2) is 6.80. The summed E-state index contributed by atoms with van der Waals surface area (Å²) >= 11 is 6.52. The fourth-order valence-electron chi connectivity index (χ4n) is 3.09. The van der Waals surface area contributed by atoms with Crippen LogP contribution < -0.4 is 11.2 Å². The summed E-state index contributed by atoms with van der Waals surface area (Å²) < 4.78 is 7.35. The first-order valence-corrected chi connectivity index (χ1v) is 8.18. The molecular formula is C15H19ClN6O4. The van der Waals surface area contributed by atoms with Crippen molar-refractivity contribution in [2.75, 3.05) is 11.9 Å². The van der Waals surface area contributed by atoms with Crippen molar-refractivity contribution in [2.24, 2.45) is 10.9 Å². The SMILES string of the molecule is CC(=O)Nc1ncnc2c1c(/C=N/N)cn2[C@@H]1OC(CO)C(O)[C@@]1(C)Cl. The van der Waals surface area contributed by atoms with Gasteiger partial charge in [-0.15, -0.1) is 11.6 Å². The van der Waals surface area contributed by atoms with E-state index in [1.54, 1.807) is 17.7 Å². The standard InChI is InChI=1S/C15H19ClN6O4/c1-7(24)21-12-10-8(3-20-17)4-22(13(10)19-6-18-12)14-15(2,16)11(25)9(5-23)26-14/h3-4,6,9,11,14,23,25H,5,17H2,1-2H3,(H,18,19,21,24)/b20-3+/t9?,11?,14-,15-/m1/s1. The maximum absolute atomic E-state index is 11.5. The first-order chi connectivity index (χ1) is 12.3. The molecule has 0 radical (unpaired) electrons. The molecule has 10 nitrogen and oxygen atoms in total. The minimum absolute atomic E-state index is 0.282. The number of aliphatic hydroxyl groups excluding tert-OH is 2. The van der Waals surface area contributed by atoms with Gasteiger partial charge in [0.05, 0.1) is 18.2 Å². The van der Waals surface area contributed by atoms with Gasteiger partial charge in [0.1, 0.15) is 34.9 Å². The Morgan fingerprint density at radius 2 is 2.35 bits per heavy atom. The molecule has 3 rings (SSSR count). The fraction of sp³-hybridized carbons (Fsp3) is 0.467. The summed E-state index contributed by atoms with van der Waals surface area (Å²) in [6.45, 7) is 2.58. The van der Waals surface area contributed by atoms with Gasteiger partial charge < -0.3 is 30.7 Å². The second-order valence-electron chi connectivity index (χ2n) is 6.18. The Hall–Kier alpha value is -2.27. The number of nitrogens with two attached hydrogens (primary N) is 1. The average Bonchev–Trinajstić information content (AvgIpc) is 3.04. The van der Waals surface area contributed by atoms with Crippen molar-refractivity contribution in [3.05, 3.63) is 18.1 Å². The number of aromatic nitrogens is 3. The molecular weight excluding hydrogens is 364 g/mol. The van der Waals surface area contributed by atoms with E-state index >= 15 is 0 Å². The largest absolute Gasteiger partial charge is 0.394 e. The van der Waals surface area contributed by atoms with Crippen LogP contribution in [0.25, 0.3) is 11.0 Å². The molecule has 0 aromatic carbocycles. The number of halogens is 1. The molecule has 4 atom stereocenters. The zero-order valence-electron chi connectivity index (χ0n) is 14.1. The van der Waals surface area contributed by atoms with Crippen LogP contribution in [0.2, 0.25) is 0 Å². The normalized spacial score (nSPS) is 28.9. The van der Waals surface area contributed by atoms with Crippen molar-refractivity contribution in [1.29, 1.82) is 0 Å². The summed E-state index contributed by atoms with van der Waals surface area (Å²) in [6.07, 6.45) is 1.53. The lowest BCUT2D eigenvalue weighted by molar-refractivity contribution is -0.114. The van der Waals surface area contributed by atoms with Crippen molar-refractivity contribution >= 4 is 40.6 Å². The zero-order valence-corrected chi connectivity index (χ0v) is 14.9. The zero-order chi connectivity index (χ0) is 19.1. The first kappa shape index (κ1) is 18.5. The number of hydrogen-bond acceptors (Lipinski definition) is 8. The number of ether oxygens (including phenoxy) is 1. The van der Waals surface area contributed by atoms with Gasteiger partial charge in [-0.2, -0.15) is 5.10 Å². The number of nitrogens with one attached hydrogen (secondary N) is 1. The van der Waals surface area contributed by atoms with Crippen molar-refractivity contribution in [3.8, 4) is 0 Å². The van der Waals surface area contributed by atoms with Gasteiger partial charge in [-0.25, -0.2) is 9.97 Å². The molecule has 3 heterocycles. The first-order valence-electron chi connectivity index (χ1n) is 7.81. The van der Waals surface area contributed by atoms with E-state index in [9.17, 15) is 15.0 Å². The highest BCUT2D eigenvalue weighted by Gasteiger charge is 2.53. The summed E-state index contributed by atoms with van der Waals surface area (Å²) in [5.74, 6) is 5.27. The molecule has 1 saturated heterocycles. The molecule has 5 N–H and O–H groups in total. The molecule has 0 bridgehead atoms. The fourth-order valence-corrected chi connectivity index (χ4v) is 3.39. The summed E-state index contributed by atoms with van der Waals surface area (Å²) in [4.78, 5) is 18.6. The maximum atomic E-state index is 11.5. The van der Waals surface area contributed by atoms with Crippen LogP contribution in [0.15, 0.2) is 17.6 Å². The summed E-state index contributed by atoms with van der Waals surface area (Å²) in [5, 5.41) is 26.4. The number of hydrazone groups is 1. The summed E-state index contributed by atoms with van der Waals surface area (Å²) in [6, 6.07) is 0. The maximum Gasteiger partial charge on any atom is 0.222 e. The van der Waals surface area contributed by atoms with Crippen LogP contribution in [-0.4, -0.2) is 60.6 Å². The topological polar surface area (TPSA) is 148 Å². The van der Waals surface area contributed by atoms with Crippen LogP contribution in [0.4, 0.5) is 5.82 Å². The predicted octanol–water partition coefficient (Wildman–Crippen LogP) is -0.0696. The number of alkyl halides is 1. The minimum atomic E-state index is -1.23. The van der Waals surface area contributed by atoms with Crippen LogP contribution in [-0.2, 0) is 9.53 Å². The third kappa shape index (κ3) is 2.90. The van der Waals surface area contributed by atoms with Crippen LogP contribution >= 0.6 is 11.6 Å². The molecule has 1 fully saturated rings. The lowest BCUT2D eigenvalue weighted by Gasteiger charge is -2.26. The van der Waals surface area contributed by atoms with Gasteiger partial charge in [-0.1, -0.05) is 0 Å². The second-order valence-corrected chi connectivity index (χ2v) is 6.99. The van der Waals surface area contributed by atoms with E-state index in [0.29, 0.717) is 16.6 Å². The molecule has 0 aliphatic carbocycles. The van der Waals surface area contributed by atoms with Gasteiger partial charge in [0.25, 0.3) is 0 Å². The van der Waals surface area contributed by atoms with E-state index in [1.165, 1.54) is 19.5 Å². The number of anilines is 1. The molecule has 2 aromatic rings. The Morgan fingerprint density at radius 1 is 1.62 bits per heavy atom. The van der Waals surface area contributed by atoms with Gasteiger partial charge in [0, 0.05) is 18.7 Å². The molecule has 140 valence electrons. The molecule has 1 amide bonds. The third-order valence-electron chi connectivity index (χ3n) is 4.30. The molecule has 1 aliphatic rings. The third-order valence-corrected chi connectivity index (χ3v) is 4.71. The Labute approximate surface area is 153 Å². The Balaban J connectivity index is 2.20. The highest BCUT2D eigenvalue weighted by Crippen LogP contribution is 2.45. The molecule has 2 aromatic heterocycles. The molecule has 26 heavy (non-hydrogen) atoms. The number of nitrogens with zero attached hydrogens (tertiary/aromatic N) is 4. The highest BCUT2D eigenvalue weighted by molar-refractivity contribution is 6.24. The quantitative estimate of drug-likeness (QED) is 0.250. The Bertz CT molecular complexity index is 867. The van der Waals surface area contributed by atoms with Crippen LogP contribution in [0, 0.1) is 0 Å². The van der Waals surface area contributed by atoms with E-state index in [-0.39, 0.29) is 18.3 Å². The lowest BCUT2D eigenvalue weighted by Crippen LogP contribution is -2.39. The Kier molecular flexibility index (Phi) is 4.84. The molecule has 0 saturated carbocycles. The van der Waals surface area contributed by atoms with E-state index in [1.807, 2.05) is 0 Å². The molecule has 1 aliphatic heterocycles. The molecule has 2 unspecified atom stereocenters. The van der Waals surface area contributed by atoms with Crippen LogP contribution in [0.3, 0.4) is 0 Å². The number of rotatable bonds is 4. The van der Waals surface area contributed by atoms with Crippen molar-refractivity contribution in [1.82, 2.24) is 14.5 Å². The number of carbonyl (C=O) groups excluding carboxylic acids is 1. The number of hydrogen-bond donors (Lipinski definition) is 4. The summed E-state index contributed by atoms with van der Waals surface area (Å²) in [5.41, 5.74) is 0.936. The van der Waals surface area contributed by atoms with Crippen LogP contribution in [0.1, 0.15) is 25.6 Å². The van der Waals surface area contributed by atoms with E-state index in [4.69, 9.17) is 22.2 Å². The van der Waals surface area contributed by atoms with Crippen molar-refractivity contribution < 1.29 is 19.7 Å². The highest BCUT2D eigenvalue weighted by atomic mass is 35.5. The van der Waals surface area contributed by atoms with Gasteiger partial charge in [-0.05, 0) is 6.92 Å². The number of fused-ring (bicyclic) bond motifs is 1. The van der Waals surface area contributed by atoms with Crippen molar-refractivity contribution in [2.45, 2.75) is 37.2 Å². The summed E-state index contributed by atoms with van der Waals surface area (Å²) in [7, 11) is 0. The van der Waals surface area contributed by atoms with E-state index in [0.717, 1.165) is 0 Å². The molecule has 0 spiro atoms. The van der Waals surface area contributed by atoms with E-state index < -0.39 is 23.3 Å². The average molecular weight is 383 g/mol. The number of aliphatic hydroxyl groups is 2.